The molecule has 0 radical (unpaired) electrons. The van der Waals surface area contributed by atoms with Gasteiger partial charge in [0.1, 0.15) is 0 Å². The van der Waals surface area contributed by atoms with Gasteiger partial charge in [0.05, 0.1) is 17.3 Å². The van der Waals surface area contributed by atoms with Gasteiger partial charge in [-0.1, -0.05) is 30.8 Å². The van der Waals surface area contributed by atoms with Crippen molar-refractivity contribution >= 4 is 28.7 Å². The SMILES string of the molecule is CCSc1nc2ccccc2n1C(=O)c1ccco1. The molecule has 19 heavy (non-hydrogen) atoms. The predicted molar refractivity (Wildman–Crippen MR) is 74.6 cm³/mol. The van der Waals surface area contributed by atoms with E-state index in [1.54, 1.807) is 28.5 Å². The number of fused-ring (bicyclic) bond motifs is 1. The van der Waals surface area contributed by atoms with Gasteiger partial charge in [-0.3, -0.25) is 9.36 Å². The highest BCUT2D eigenvalue weighted by Gasteiger charge is 2.19. The highest BCUT2D eigenvalue weighted by Crippen LogP contribution is 2.25. The zero-order valence-corrected chi connectivity index (χ0v) is 11.2. The number of rotatable bonds is 3. The minimum absolute atomic E-state index is 0.186. The van der Waals surface area contributed by atoms with Crippen LogP contribution in [0.4, 0.5) is 0 Å². The van der Waals surface area contributed by atoms with Crippen molar-refractivity contribution in [2.45, 2.75) is 12.1 Å². The molecule has 0 saturated heterocycles. The fraction of sp³-hybridized carbons (Fsp3) is 0.143. The Balaban J connectivity index is 2.20. The second-order valence-electron chi connectivity index (χ2n) is 3.93. The Hall–Kier alpha value is -2.01. The minimum Gasteiger partial charge on any atom is -0.459 e. The Labute approximate surface area is 114 Å². The van der Waals surface area contributed by atoms with E-state index in [4.69, 9.17) is 4.42 Å². The second kappa shape index (κ2) is 4.93. The molecule has 0 amide bonds. The van der Waals surface area contributed by atoms with Gasteiger partial charge < -0.3 is 4.42 Å². The molecule has 4 nitrogen and oxygen atoms in total. The summed E-state index contributed by atoms with van der Waals surface area (Å²) in [6.07, 6.45) is 1.50. The van der Waals surface area contributed by atoms with Gasteiger partial charge >= 0.3 is 0 Å². The molecule has 2 aromatic heterocycles. The third-order valence-electron chi connectivity index (χ3n) is 2.74. The third-order valence-corrected chi connectivity index (χ3v) is 3.56. The van der Waals surface area contributed by atoms with E-state index in [2.05, 4.69) is 4.98 Å². The van der Waals surface area contributed by atoms with Crippen molar-refractivity contribution in [2.75, 3.05) is 5.75 Å². The van der Waals surface area contributed by atoms with E-state index in [0.29, 0.717) is 10.9 Å². The summed E-state index contributed by atoms with van der Waals surface area (Å²) >= 11 is 1.54. The Morgan fingerprint density at radius 1 is 1.32 bits per heavy atom. The summed E-state index contributed by atoms with van der Waals surface area (Å²) in [6.45, 7) is 2.03. The summed E-state index contributed by atoms with van der Waals surface area (Å²) in [5.74, 6) is 0.991. The molecule has 0 atom stereocenters. The average Bonchev–Trinajstić information content (AvgIpc) is 3.06. The Bertz CT molecular complexity index is 716. The van der Waals surface area contributed by atoms with Crippen molar-refractivity contribution in [3.05, 3.63) is 48.4 Å². The molecule has 0 fully saturated rings. The molecular weight excluding hydrogens is 260 g/mol. The molecule has 0 saturated carbocycles. The van der Waals surface area contributed by atoms with Gasteiger partial charge in [-0.25, -0.2) is 4.98 Å². The Morgan fingerprint density at radius 3 is 2.89 bits per heavy atom. The number of hydrogen-bond donors (Lipinski definition) is 0. The lowest BCUT2D eigenvalue weighted by molar-refractivity contribution is 0.0927. The molecular formula is C14H12N2O2S. The average molecular weight is 272 g/mol. The van der Waals surface area contributed by atoms with Gasteiger partial charge in [0, 0.05) is 0 Å². The van der Waals surface area contributed by atoms with Crippen LogP contribution in [-0.2, 0) is 0 Å². The summed E-state index contributed by atoms with van der Waals surface area (Å²) in [5.41, 5.74) is 1.62. The molecule has 0 unspecified atom stereocenters. The van der Waals surface area contributed by atoms with Crippen LogP contribution in [0.1, 0.15) is 17.5 Å². The smallest absolute Gasteiger partial charge is 0.300 e. The zero-order chi connectivity index (χ0) is 13.2. The molecule has 2 heterocycles. The lowest BCUT2D eigenvalue weighted by Gasteiger charge is -2.04. The first kappa shape index (κ1) is 12.0. The van der Waals surface area contributed by atoms with E-state index in [9.17, 15) is 4.79 Å². The van der Waals surface area contributed by atoms with E-state index in [0.717, 1.165) is 16.8 Å². The lowest BCUT2D eigenvalue weighted by Crippen LogP contribution is -2.12. The van der Waals surface area contributed by atoms with Gasteiger partial charge in [-0.05, 0) is 30.0 Å². The summed E-state index contributed by atoms with van der Waals surface area (Å²) in [6, 6.07) is 11.0. The number of aromatic nitrogens is 2. The number of benzene rings is 1. The van der Waals surface area contributed by atoms with Crippen LogP contribution in [-0.4, -0.2) is 21.2 Å². The maximum atomic E-state index is 12.5. The van der Waals surface area contributed by atoms with Crippen molar-refractivity contribution in [2.24, 2.45) is 0 Å². The first-order chi connectivity index (χ1) is 9.31. The summed E-state index contributed by atoms with van der Waals surface area (Å²) < 4.78 is 6.81. The van der Waals surface area contributed by atoms with Crippen molar-refractivity contribution < 1.29 is 9.21 Å². The number of carbonyl (C=O) groups is 1. The standard InChI is InChI=1S/C14H12N2O2S/c1-2-19-14-15-10-6-3-4-7-11(10)16(14)13(17)12-8-5-9-18-12/h3-9H,2H2,1H3. The van der Waals surface area contributed by atoms with Crippen molar-refractivity contribution in [3.8, 4) is 0 Å². The number of hydrogen-bond acceptors (Lipinski definition) is 4. The lowest BCUT2D eigenvalue weighted by atomic mass is 10.3. The maximum absolute atomic E-state index is 12.5. The van der Waals surface area contributed by atoms with Crippen LogP contribution in [0.5, 0.6) is 0 Å². The summed E-state index contributed by atoms with van der Waals surface area (Å²) in [4.78, 5) is 17.0. The molecule has 0 bridgehead atoms. The maximum Gasteiger partial charge on any atom is 0.300 e. The molecule has 0 aliphatic heterocycles. The molecule has 3 aromatic rings. The highest BCUT2D eigenvalue weighted by atomic mass is 32.2. The van der Waals surface area contributed by atoms with Gasteiger partial charge in [0.25, 0.3) is 5.91 Å². The highest BCUT2D eigenvalue weighted by molar-refractivity contribution is 7.99. The fourth-order valence-electron chi connectivity index (χ4n) is 1.94. The topological polar surface area (TPSA) is 48.0 Å². The van der Waals surface area contributed by atoms with Gasteiger partial charge in [0.15, 0.2) is 10.9 Å². The molecule has 0 N–H and O–H groups in total. The molecule has 96 valence electrons. The fourth-order valence-corrected chi connectivity index (χ4v) is 2.67. The van der Waals surface area contributed by atoms with Gasteiger partial charge in [0.2, 0.25) is 0 Å². The molecule has 3 rings (SSSR count). The van der Waals surface area contributed by atoms with Crippen LogP contribution in [0.2, 0.25) is 0 Å². The van der Waals surface area contributed by atoms with Crippen LogP contribution >= 0.6 is 11.8 Å². The zero-order valence-electron chi connectivity index (χ0n) is 10.4. The van der Waals surface area contributed by atoms with Crippen molar-refractivity contribution in [1.82, 2.24) is 9.55 Å². The van der Waals surface area contributed by atoms with E-state index < -0.39 is 0 Å². The van der Waals surface area contributed by atoms with Crippen LogP contribution in [0, 0.1) is 0 Å². The summed E-state index contributed by atoms with van der Waals surface area (Å²) in [7, 11) is 0. The number of carbonyl (C=O) groups excluding carboxylic acids is 1. The van der Waals surface area contributed by atoms with Gasteiger partial charge in [-0.2, -0.15) is 0 Å². The number of nitrogens with zero attached hydrogens (tertiary/aromatic N) is 2. The first-order valence-corrected chi connectivity index (χ1v) is 6.98. The van der Waals surface area contributed by atoms with Gasteiger partial charge in [-0.15, -0.1) is 0 Å². The second-order valence-corrected chi connectivity index (χ2v) is 5.17. The monoisotopic (exact) mass is 272 g/mol. The van der Waals surface area contributed by atoms with Crippen molar-refractivity contribution in [3.63, 3.8) is 0 Å². The van der Waals surface area contributed by atoms with Crippen LogP contribution < -0.4 is 0 Å². The molecule has 0 spiro atoms. The largest absolute Gasteiger partial charge is 0.459 e. The number of imidazole rings is 1. The van der Waals surface area contributed by atoms with Crippen LogP contribution in [0.3, 0.4) is 0 Å². The van der Waals surface area contributed by atoms with E-state index in [1.165, 1.54) is 6.26 Å². The number of thioether (sulfide) groups is 1. The van der Waals surface area contributed by atoms with Crippen LogP contribution in [0.15, 0.2) is 52.2 Å². The molecule has 5 heteroatoms. The minimum atomic E-state index is -0.186. The number of furan rings is 1. The van der Waals surface area contributed by atoms with E-state index >= 15 is 0 Å². The summed E-state index contributed by atoms with van der Waals surface area (Å²) in [5, 5.41) is 0.699. The molecule has 0 aliphatic rings. The predicted octanol–water partition coefficient (Wildman–Crippen LogP) is 3.43. The third kappa shape index (κ3) is 2.06. The molecule has 1 aromatic carbocycles. The van der Waals surface area contributed by atoms with E-state index in [-0.39, 0.29) is 5.91 Å². The number of para-hydroxylation sites is 2. The van der Waals surface area contributed by atoms with E-state index in [1.807, 2.05) is 31.2 Å². The first-order valence-electron chi connectivity index (χ1n) is 5.99. The van der Waals surface area contributed by atoms with Crippen LogP contribution in [0.25, 0.3) is 11.0 Å². The normalized spacial score (nSPS) is 11.0. The molecule has 0 aliphatic carbocycles. The Morgan fingerprint density at radius 2 is 2.16 bits per heavy atom. The quantitative estimate of drug-likeness (QED) is 0.685. The van der Waals surface area contributed by atoms with Crippen molar-refractivity contribution in [1.29, 1.82) is 0 Å². The Kier molecular flexibility index (Phi) is 3.13.